The van der Waals surface area contributed by atoms with E-state index in [9.17, 15) is 0 Å². The Kier molecular flexibility index (Phi) is 3.85. The van der Waals surface area contributed by atoms with Crippen molar-refractivity contribution in [3.8, 4) is 17.5 Å². The van der Waals surface area contributed by atoms with Crippen molar-refractivity contribution in [3.63, 3.8) is 0 Å². The van der Waals surface area contributed by atoms with Gasteiger partial charge in [0.25, 0.3) is 5.95 Å². The van der Waals surface area contributed by atoms with Crippen molar-refractivity contribution in [1.29, 1.82) is 0 Å². The van der Waals surface area contributed by atoms with E-state index in [1.165, 1.54) is 0 Å². The van der Waals surface area contributed by atoms with Crippen LogP contribution < -0.4 is 4.74 Å². The molecule has 6 heteroatoms. The number of benzene rings is 3. The first-order chi connectivity index (χ1) is 17.8. The summed E-state index contributed by atoms with van der Waals surface area (Å²) in [4.78, 5) is 9.12. The Morgan fingerprint density at radius 3 is 2.42 bits per heavy atom. The Morgan fingerprint density at radius 1 is 0.611 bits per heavy atom. The lowest BCUT2D eigenvalue weighted by Gasteiger charge is -2.07. The van der Waals surface area contributed by atoms with Crippen LogP contribution in [0.15, 0.2) is 112 Å². The number of aromatic nitrogens is 3. The van der Waals surface area contributed by atoms with Crippen LogP contribution in [0.4, 0.5) is 0 Å². The van der Waals surface area contributed by atoms with Crippen molar-refractivity contribution >= 4 is 54.8 Å². The number of furan rings is 2. The summed E-state index contributed by atoms with van der Waals surface area (Å²) in [7, 11) is 0. The molecule has 0 radical (unpaired) electrons. The van der Waals surface area contributed by atoms with Crippen LogP contribution in [0.1, 0.15) is 0 Å². The fourth-order valence-electron chi connectivity index (χ4n) is 5.09. The second-order valence-electron chi connectivity index (χ2n) is 8.69. The Hall–Kier alpha value is -5.10. The minimum absolute atomic E-state index is 0.405. The molecule has 3 aromatic carbocycles. The number of hydrogen-bond acceptors (Lipinski definition) is 5. The molecule has 0 saturated carbocycles. The molecule has 0 amide bonds. The van der Waals surface area contributed by atoms with Gasteiger partial charge in [0, 0.05) is 40.7 Å². The maximum absolute atomic E-state index is 6.24. The maximum Gasteiger partial charge on any atom is 0.291 e. The molecule has 36 heavy (non-hydrogen) atoms. The highest BCUT2D eigenvalue weighted by molar-refractivity contribution is 6.16. The zero-order valence-corrected chi connectivity index (χ0v) is 18.9. The van der Waals surface area contributed by atoms with E-state index in [-0.39, 0.29) is 0 Å². The number of nitrogens with zero attached hydrogens (tertiary/aromatic N) is 3. The number of ether oxygens (including phenoxy) is 1. The molecule has 0 bridgehead atoms. The van der Waals surface area contributed by atoms with E-state index in [4.69, 9.17) is 13.6 Å². The molecule has 0 unspecified atom stereocenters. The van der Waals surface area contributed by atoms with Crippen LogP contribution in [0.5, 0.6) is 11.7 Å². The van der Waals surface area contributed by atoms with Crippen LogP contribution in [-0.4, -0.2) is 14.5 Å². The van der Waals surface area contributed by atoms with E-state index >= 15 is 0 Å². The normalized spacial score (nSPS) is 11.9. The van der Waals surface area contributed by atoms with Gasteiger partial charge in [0.1, 0.15) is 28.3 Å². The number of rotatable bonds is 3. The Balaban J connectivity index is 1.29. The Morgan fingerprint density at radius 2 is 1.47 bits per heavy atom. The van der Waals surface area contributed by atoms with Crippen LogP contribution in [0, 0.1) is 0 Å². The molecule has 0 N–H and O–H groups in total. The number of pyridine rings is 2. The third-order valence-corrected chi connectivity index (χ3v) is 6.61. The quantitative estimate of drug-likeness (QED) is 0.263. The summed E-state index contributed by atoms with van der Waals surface area (Å²) in [5, 5.41) is 4.12. The molecule has 0 aliphatic heterocycles. The highest BCUT2D eigenvalue weighted by Crippen LogP contribution is 2.39. The van der Waals surface area contributed by atoms with Gasteiger partial charge in [-0.2, -0.15) is 0 Å². The summed E-state index contributed by atoms with van der Waals surface area (Å²) < 4.78 is 20.4. The van der Waals surface area contributed by atoms with E-state index < -0.39 is 0 Å². The summed E-state index contributed by atoms with van der Waals surface area (Å²) in [6.07, 6.45) is 3.57. The molecule has 170 valence electrons. The largest absolute Gasteiger partial charge is 0.454 e. The van der Waals surface area contributed by atoms with E-state index in [0.717, 1.165) is 60.7 Å². The van der Waals surface area contributed by atoms with E-state index in [1.807, 2.05) is 66.7 Å². The Labute approximate surface area is 204 Å². The standard InChI is InChI=1S/C30H17N3O3/c1-2-7-22-19(6-1)20-11-10-18(16-23(20)33(22)27-9-3-4-14-31-27)34-28-17-21-24(36-28)12-13-25-29(21)30-26(35-25)8-5-15-32-30/h1-17H. The maximum atomic E-state index is 6.24. The molecule has 0 spiro atoms. The van der Waals surface area contributed by atoms with Gasteiger partial charge >= 0.3 is 0 Å². The molecular weight excluding hydrogens is 450 g/mol. The lowest BCUT2D eigenvalue weighted by atomic mass is 10.1. The zero-order valence-electron chi connectivity index (χ0n) is 18.9. The van der Waals surface area contributed by atoms with Gasteiger partial charge in [-0.3, -0.25) is 9.55 Å². The lowest BCUT2D eigenvalue weighted by Crippen LogP contribution is -1.96. The molecule has 6 nitrogen and oxygen atoms in total. The third kappa shape index (κ3) is 2.72. The molecule has 0 atom stereocenters. The lowest BCUT2D eigenvalue weighted by molar-refractivity contribution is 0.361. The fraction of sp³-hybridized carbons (Fsp3) is 0. The van der Waals surface area contributed by atoms with Crippen LogP contribution in [0.2, 0.25) is 0 Å². The highest BCUT2D eigenvalue weighted by Gasteiger charge is 2.17. The van der Waals surface area contributed by atoms with Crippen molar-refractivity contribution in [1.82, 2.24) is 14.5 Å². The second-order valence-corrected chi connectivity index (χ2v) is 8.69. The van der Waals surface area contributed by atoms with Gasteiger partial charge in [0.2, 0.25) is 0 Å². The van der Waals surface area contributed by atoms with Crippen molar-refractivity contribution < 1.29 is 13.6 Å². The summed E-state index contributed by atoms with van der Waals surface area (Å²) >= 11 is 0. The SMILES string of the molecule is c1ccc(-n2c3ccccc3c3ccc(Oc4cc5c(ccc6oc7cccnc7c65)o4)cc32)nc1. The van der Waals surface area contributed by atoms with Gasteiger partial charge in [0.05, 0.1) is 16.4 Å². The summed E-state index contributed by atoms with van der Waals surface area (Å²) in [6, 6.07) is 29.8. The third-order valence-electron chi connectivity index (χ3n) is 6.61. The molecule has 0 aliphatic rings. The molecule has 0 saturated heterocycles. The molecule has 0 fully saturated rings. The van der Waals surface area contributed by atoms with Crippen molar-refractivity contribution in [2.45, 2.75) is 0 Å². The smallest absolute Gasteiger partial charge is 0.291 e. The van der Waals surface area contributed by atoms with E-state index in [0.29, 0.717) is 11.7 Å². The Bertz CT molecular complexity index is 2080. The topological polar surface area (TPSA) is 66.2 Å². The predicted molar refractivity (Wildman–Crippen MR) is 140 cm³/mol. The average Bonchev–Trinajstić information content (AvgIpc) is 3.59. The van der Waals surface area contributed by atoms with E-state index in [2.05, 4.69) is 38.8 Å². The predicted octanol–water partition coefficient (Wildman–Crippen LogP) is 8.01. The first kappa shape index (κ1) is 19.2. The highest BCUT2D eigenvalue weighted by atomic mass is 16.6. The van der Waals surface area contributed by atoms with Gasteiger partial charge in [-0.05, 0) is 54.6 Å². The van der Waals surface area contributed by atoms with Gasteiger partial charge in [-0.1, -0.05) is 24.3 Å². The van der Waals surface area contributed by atoms with Gasteiger partial charge in [0.15, 0.2) is 5.58 Å². The van der Waals surface area contributed by atoms with Crippen molar-refractivity contribution in [3.05, 3.63) is 103 Å². The van der Waals surface area contributed by atoms with Crippen LogP contribution in [-0.2, 0) is 0 Å². The van der Waals surface area contributed by atoms with Gasteiger partial charge in [-0.15, -0.1) is 0 Å². The van der Waals surface area contributed by atoms with Crippen LogP contribution in [0.25, 0.3) is 60.7 Å². The molecule has 5 heterocycles. The van der Waals surface area contributed by atoms with Crippen molar-refractivity contribution in [2.75, 3.05) is 0 Å². The van der Waals surface area contributed by atoms with Crippen LogP contribution in [0.3, 0.4) is 0 Å². The number of fused-ring (bicyclic) bond motifs is 8. The minimum Gasteiger partial charge on any atom is -0.454 e. The second kappa shape index (κ2) is 7.20. The van der Waals surface area contributed by atoms with Crippen LogP contribution >= 0.6 is 0 Å². The van der Waals surface area contributed by atoms with E-state index in [1.54, 1.807) is 12.4 Å². The number of hydrogen-bond donors (Lipinski definition) is 0. The molecule has 8 aromatic rings. The zero-order chi connectivity index (χ0) is 23.6. The summed E-state index contributed by atoms with van der Waals surface area (Å²) in [6.45, 7) is 0. The number of para-hydroxylation sites is 1. The molecule has 0 aliphatic carbocycles. The molecule has 5 aromatic heterocycles. The van der Waals surface area contributed by atoms with Gasteiger partial charge < -0.3 is 13.6 Å². The summed E-state index contributed by atoms with van der Waals surface area (Å²) in [5.74, 6) is 1.93. The summed E-state index contributed by atoms with van der Waals surface area (Å²) in [5.41, 5.74) is 5.15. The molecular formula is C30H17N3O3. The minimum atomic E-state index is 0.405. The van der Waals surface area contributed by atoms with Crippen molar-refractivity contribution in [2.24, 2.45) is 0 Å². The average molecular weight is 467 g/mol. The van der Waals surface area contributed by atoms with Gasteiger partial charge in [-0.25, -0.2) is 4.98 Å². The molecule has 8 rings (SSSR count). The first-order valence-corrected chi connectivity index (χ1v) is 11.7. The fourth-order valence-corrected chi connectivity index (χ4v) is 5.09. The monoisotopic (exact) mass is 467 g/mol. The first-order valence-electron chi connectivity index (χ1n) is 11.7.